The Morgan fingerprint density at radius 2 is 1.83 bits per heavy atom. The van der Waals surface area contributed by atoms with Gasteiger partial charge in [0.1, 0.15) is 0 Å². The normalized spacial score (nSPS) is 11.0. The topological polar surface area (TPSA) is 80.3 Å². The number of sulfone groups is 1. The smallest absolute Gasteiger partial charge is 0.287 e. The fraction of sp³-hybridized carbons (Fsp3) is 0.333. The van der Waals surface area contributed by atoms with Crippen LogP contribution in [0, 0.1) is 0 Å². The molecule has 0 aliphatic rings. The molecule has 1 rings (SSSR count). The fourth-order valence-corrected chi connectivity index (χ4v) is 2.48. The Balaban J connectivity index is 2.75. The third-order valence-electron chi connectivity index (χ3n) is 2.37. The lowest BCUT2D eigenvalue weighted by atomic mass is 10.1. The number of ketones is 1. The highest BCUT2D eigenvalue weighted by Gasteiger charge is 2.12. The summed E-state index contributed by atoms with van der Waals surface area (Å²) in [6.45, 7) is 1.41. The lowest BCUT2D eigenvalue weighted by Gasteiger charge is -2.08. The molecule has 1 aromatic rings. The first kappa shape index (κ1) is 14.4. The number of benzene rings is 1. The third-order valence-corrected chi connectivity index (χ3v) is 3.57. The predicted molar refractivity (Wildman–Crippen MR) is 66.9 cm³/mol. The Morgan fingerprint density at radius 3 is 2.39 bits per heavy atom. The number of nitrogens with one attached hydrogen (secondary N) is 1. The average Bonchev–Trinajstić information content (AvgIpc) is 2.28. The Kier molecular flexibility index (Phi) is 4.61. The van der Waals surface area contributed by atoms with Gasteiger partial charge in [0.15, 0.2) is 9.84 Å². The molecule has 1 amide bonds. The van der Waals surface area contributed by atoms with Crippen LogP contribution in [0.1, 0.15) is 12.5 Å². The second kappa shape index (κ2) is 5.77. The number of rotatable bonds is 5. The van der Waals surface area contributed by atoms with Crippen LogP contribution in [0.5, 0.6) is 0 Å². The van der Waals surface area contributed by atoms with Crippen molar-refractivity contribution in [1.29, 1.82) is 0 Å². The Labute approximate surface area is 106 Å². The lowest BCUT2D eigenvalue weighted by Crippen LogP contribution is -2.31. The monoisotopic (exact) mass is 269 g/mol. The van der Waals surface area contributed by atoms with Gasteiger partial charge in [0.25, 0.3) is 5.91 Å². The molecule has 0 aromatic heterocycles. The van der Waals surface area contributed by atoms with Crippen molar-refractivity contribution in [2.24, 2.45) is 0 Å². The van der Waals surface area contributed by atoms with Gasteiger partial charge < -0.3 is 5.32 Å². The minimum atomic E-state index is -3.28. The van der Waals surface area contributed by atoms with Crippen LogP contribution in [0.15, 0.2) is 29.2 Å². The zero-order valence-corrected chi connectivity index (χ0v) is 11.1. The summed E-state index contributed by atoms with van der Waals surface area (Å²) in [5, 5.41) is 2.43. The fourth-order valence-electron chi connectivity index (χ4n) is 1.51. The molecule has 0 aliphatic carbocycles. The van der Waals surface area contributed by atoms with Gasteiger partial charge in [-0.2, -0.15) is 0 Å². The van der Waals surface area contributed by atoms with Crippen molar-refractivity contribution in [3.05, 3.63) is 29.8 Å². The van der Waals surface area contributed by atoms with E-state index in [1.54, 1.807) is 18.2 Å². The van der Waals surface area contributed by atoms with Crippen molar-refractivity contribution in [1.82, 2.24) is 5.32 Å². The van der Waals surface area contributed by atoms with Crippen LogP contribution < -0.4 is 5.32 Å². The zero-order chi connectivity index (χ0) is 13.8. The van der Waals surface area contributed by atoms with Gasteiger partial charge in [0.05, 0.1) is 4.90 Å². The highest BCUT2D eigenvalue weighted by atomic mass is 32.2. The number of amides is 1. The Morgan fingerprint density at radius 1 is 1.22 bits per heavy atom. The summed E-state index contributed by atoms with van der Waals surface area (Å²) in [5.74, 6) is -1.22. The van der Waals surface area contributed by atoms with Gasteiger partial charge in [0, 0.05) is 19.7 Å². The van der Waals surface area contributed by atoms with E-state index in [1.807, 2.05) is 0 Å². The first-order valence-electron chi connectivity index (χ1n) is 5.39. The van der Waals surface area contributed by atoms with E-state index < -0.39 is 21.5 Å². The molecule has 98 valence electrons. The summed E-state index contributed by atoms with van der Waals surface area (Å²) in [6, 6.07) is 6.60. The molecule has 0 aliphatic heterocycles. The minimum absolute atomic E-state index is 0.227. The highest BCUT2D eigenvalue weighted by Crippen LogP contribution is 2.15. The summed E-state index contributed by atoms with van der Waals surface area (Å²) in [4.78, 5) is 22.0. The lowest BCUT2D eigenvalue weighted by molar-refractivity contribution is -0.136. The van der Waals surface area contributed by atoms with Crippen molar-refractivity contribution in [2.75, 3.05) is 12.8 Å². The first-order valence-corrected chi connectivity index (χ1v) is 7.28. The second-order valence-corrected chi connectivity index (χ2v) is 5.93. The molecule has 0 saturated heterocycles. The van der Waals surface area contributed by atoms with Crippen LogP contribution in [0.2, 0.25) is 0 Å². The number of Topliss-reactive ketones (excluding diaryl/α,β-unsaturated/α-hetero) is 1. The molecule has 1 N–H and O–H groups in total. The van der Waals surface area contributed by atoms with E-state index in [9.17, 15) is 18.0 Å². The highest BCUT2D eigenvalue weighted by molar-refractivity contribution is 7.90. The van der Waals surface area contributed by atoms with Gasteiger partial charge in [-0.15, -0.1) is 0 Å². The van der Waals surface area contributed by atoms with Crippen LogP contribution in [-0.4, -0.2) is 32.9 Å². The molecule has 0 atom stereocenters. The molecular formula is C12H15NO4S. The van der Waals surface area contributed by atoms with Gasteiger partial charge >= 0.3 is 0 Å². The molecule has 0 heterocycles. The molecule has 0 bridgehead atoms. The Hall–Kier alpha value is -1.69. The van der Waals surface area contributed by atoms with E-state index in [0.717, 1.165) is 6.26 Å². The molecule has 5 nitrogen and oxygen atoms in total. The van der Waals surface area contributed by atoms with E-state index >= 15 is 0 Å². The van der Waals surface area contributed by atoms with Crippen molar-refractivity contribution in [3.8, 4) is 0 Å². The quantitative estimate of drug-likeness (QED) is 0.782. The predicted octanol–water partition coefficient (Wildman–Crippen LogP) is 0.338. The molecule has 18 heavy (non-hydrogen) atoms. The minimum Gasteiger partial charge on any atom is -0.349 e. The van der Waals surface area contributed by atoms with Gasteiger partial charge in [-0.1, -0.05) is 18.2 Å². The van der Waals surface area contributed by atoms with Crippen molar-refractivity contribution in [3.63, 3.8) is 0 Å². The summed E-state index contributed by atoms with van der Waals surface area (Å²) in [5.41, 5.74) is 0.629. The van der Waals surface area contributed by atoms with Crippen LogP contribution in [0.25, 0.3) is 0 Å². The number of carbonyl (C=O) groups is 2. The molecule has 0 unspecified atom stereocenters. The van der Waals surface area contributed by atoms with Gasteiger partial charge in [0.2, 0.25) is 5.78 Å². The van der Waals surface area contributed by atoms with Crippen molar-refractivity contribution in [2.45, 2.75) is 18.2 Å². The van der Waals surface area contributed by atoms with Crippen LogP contribution in [0.4, 0.5) is 0 Å². The molecule has 0 saturated carbocycles. The summed E-state index contributed by atoms with van der Waals surface area (Å²) in [6.07, 6.45) is 1.50. The van der Waals surface area contributed by atoms with E-state index in [0.29, 0.717) is 12.0 Å². The molecular weight excluding hydrogens is 254 g/mol. The molecule has 1 aromatic carbocycles. The zero-order valence-electron chi connectivity index (χ0n) is 10.3. The maximum Gasteiger partial charge on any atom is 0.287 e. The van der Waals surface area contributed by atoms with E-state index in [4.69, 9.17) is 0 Å². The largest absolute Gasteiger partial charge is 0.349 e. The number of carbonyl (C=O) groups excluding carboxylic acids is 2. The van der Waals surface area contributed by atoms with E-state index in [-0.39, 0.29) is 11.4 Å². The van der Waals surface area contributed by atoms with Crippen LogP contribution >= 0.6 is 0 Å². The molecule has 0 fully saturated rings. The second-order valence-electron chi connectivity index (χ2n) is 3.94. The third kappa shape index (κ3) is 3.96. The van der Waals surface area contributed by atoms with Crippen LogP contribution in [-0.2, 0) is 25.8 Å². The summed E-state index contributed by atoms with van der Waals surface area (Å²) < 4.78 is 23.0. The SMILES string of the molecule is CC(=O)C(=O)NCCc1ccccc1S(C)(=O)=O. The molecule has 6 heteroatoms. The van der Waals surface area contributed by atoms with Gasteiger partial charge in [-0.3, -0.25) is 9.59 Å². The van der Waals surface area contributed by atoms with Gasteiger partial charge in [-0.05, 0) is 18.1 Å². The number of hydrogen-bond acceptors (Lipinski definition) is 4. The molecule has 0 radical (unpaired) electrons. The van der Waals surface area contributed by atoms with Crippen molar-refractivity contribution >= 4 is 21.5 Å². The average molecular weight is 269 g/mol. The van der Waals surface area contributed by atoms with Gasteiger partial charge in [-0.25, -0.2) is 8.42 Å². The maximum atomic E-state index is 11.5. The van der Waals surface area contributed by atoms with Crippen molar-refractivity contribution < 1.29 is 18.0 Å². The summed E-state index contributed by atoms with van der Waals surface area (Å²) >= 11 is 0. The maximum absolute atomic E-state index is 11.5. The summed E-state index contributed by atoms with van der Waals surface area (Å²) in [7, 11) is -3.28. The molecule has 0 spiro atoms. The van der Waals surface area contributed by atoms with E-state index in [2.05, 4.69) is 5.32 Å². The first-order chi connectivity index (χ1) is 8.32. The van der Waals surface area contributed by atoms with E-state index in [1.165, 1.54) is 13.0 Å². The van der Waals surface area contributed by atoms with Crippen LogP contribution in [0.3, 0.4) is 0 Å². The number of hydrogen-bond donors (Lipinski definition) is 1. The standard InChI is InChI=1S/C12H15NO4S/c1-9(14)12(15)13-8-7-10-5-3-4-6-11(10)18(2,16)17/h3-6H,7-8H2,1-2H3,(H,13,15). The Bertz CT molecular complexity index is 563.